The molecule has 0 bridgehead atoms. The maximum absolute atomic E-state index is 10.8. The van der Waals surface area contributed by atoms with Gasteiger partial charge in [0, 0.05) is 16.9 Å². The Kier molecular flexibility index (Phi) is 2.96. The van der Waals surface area contributed by atoms with Crippen molar-refractivity contribution in [2.45, 2.75) is 18.5 Å². The number of rotatable bonds is 2. The average molecular weight is 219 g/mol. The first-order chi connectivity index (χ1) is 6.04. The fourth-order valence-corrected chi connectivity index (χ4v) is 1.40. The molecule has 70 valence electrons. The summed E-state index contributed by atoms with van der Waals surface area (Å²) in [6.45, 7) is 2.12. The second-order valence-corrected chi connectivity index (χ2v) is 4.76. The van der Waals surface area contributed by atoms with E-state index in [1.807, 2.05) is 0 Å². The molecule has 0 N–H and O–H groups in total. The van der Waals surface area contributed by atoms with Crippen molar-refractivity contribution in [2.75, 3.05) is 0 Å². The van der Waals surface area contributed by atoms with Gasteiger partial charge in [-0.05, 0) is 6.92 Å². The van der Waals surface area contributed by atoms with Crippen molar-refractivity contribution in [1.29, 1.82) is 0 Å². The molecule has 0 aliphatic heterocycles. The van der Waals surface area contributed by atoms with Crippen molar-refractivity contribution >= 4 is 19.7 Å². The fraction of sp³-hybridized carbons (Fsp3) is 0.286. The molecule has 0 spiro atoms. The highest BCUT2D eigenvalue weighted by Crippen LogP contribution is 2.10. The second-order valence-electron chi connectivity index (χ2n) is 2.25. The molecule has 1 aromatic rings. The van der Waals surface area contributed by atoms with Gasteiger partial charge < -0.3 is 4.57 Å². The summed E-state index contributed by atoms with van der Waals surface area (Å²) in [5.41, 5.74) is 0. The van der Waals surface area contributed by atoms with Crippen LogP contribution in [0.15, 0.2) is 17.6 Å². The molecule has 0 atom stereocenters. The van der Waals surface area contributed by atoms with E-state index in [-0.39, 0.29) is 5.03 Å². The summed E-state index contributed by atoms with van der Waals surface area (Å²) in [6.07, 6.45) is 2.71. The van der Waals surface area contributed by atoms with Crippen LogP contribution in [0.25, 0.3) is 0 Å². The van der Waals surface area contributed by atoms with Gasteiger partial charge in [-0.1, -0.05) is 5.92 Å². The van der Waals surface area contributed by atoms with Crippen LogP contribution in [0.2, 0.25) is 0 Å². The third-order valence-electron chi connectivity index (χ3n) is 1.30. The minimum Gasteiger partial charge on any atom is -0.324 e. The summed E-state index contributed by atoms with van der Waals surface area (Å²) in [4.78, 5) is 3.62. The Morgan fingerprint density at radius 2 is 2.38 bits per heavy atom. The summed E-state index contributed by atoms with van der Waals surface area (Å²) in [6, 6.07) is 0. The molecule has 1 heterocycles. The predicted octanol–water partition coefficient (Wildman–Crippen LogP) is 0.834. The van der Waals surface area contributed by atoms with E-state index in [1.54, 1.807) is 11.5 Å². The monoisotopic (exact) mass is 218 g/mol. The van der Waals surface area contributed by atoms with Gasteiger partial charge in [-0.25, -0.2) is 13.4 Å². The number of aromatic nitrogens is 2. The van der Waals surface area contributed by atoms with E-state index in [1.165, 1.54) is 12.5 Å². The molecule has 0 radical (unpaired) electrons. The van der Waals surface area contributed by atoms with Crippen LogP contribution in [0.1, 0.15) is 6.92 Å². The Bertz CT molecular complexity index is 452. The topological polar surface area (TPSA) is 52.0 Å². The van der Waals surface area contributed by atoms with Gasteiger partial charge in [0.2, 0.25) is 0 Å². The average Bonchev–Trinajstić information content (AvgIpc) is 2.47. The van der Waals surface area contributed by atoms with Gasteiger partial charge in [0.1, 0.15) is 0 Å². The minimum atomic E-state index is -3.71. The van der Waals surface area contributed by atoms with Crippen molar-refractivity contribution in [3.63, 3.8) is 0 Å². The molecule has 0 saturated carbocycles. The lowest BCUT2D eigenvalue weighted by Gasteiger charge is -1.90. The number of halogens is 1. The second kappa shape index (κ2) is 3.81. The van der Waals surface area contributed by atoms with Crippen molar-refractivity contribution in [3.8, 4) is 11.8 Å². The molecule has 0 aliphatic rings. The summed E-state index contributed by atoms with van der Waals surface area (Å²) < 4.78 is 23.1. The van der Waals surface area contributed by atoms with Crippen LogP contribution in [0.4, 0.5) is 0 Å². The zero-order valence-electron chi connectivity index (χ0n) is 6.86. The lowest BCUT2D eigenvalue weighted by molar-refractivity contribution is 0.606. The molecule has 0 unspecified atom stereocenters. The zero-order valence-corrected chi connectivity index (χ0v) is 8.43. The van der Waals surface area contributed by atoms with Crippen molar-refractivity contribution < 1.29 is 8.42 Å². The molecule has 1 aromatic heterocycles. The van der Waals surface area contributed by atoms with Gasteiger partial charge in [-0.2, -0.15) is 0 Å². The molecule has 0 fully saturated rings. The van der Waals surface area contributed by atoms with E-state index in [0.29, 0.717) is 6.54 Å². The minimum absolute atomic E-state index is 0.146. The van der Waals surface area contributed by atoms with E-state index < -0.39 is 9.05 Å². The largest absolute Gasteiger partial charge is 0.324 e. The summed E-state index contributed by atoms with van der Waals surface area (Å²) in [5.74, 6) is 5.45. The van der Waals surface area contributed by atoms with Crippen LogP contribution in [-0.2, 0) is 15.6 Å². The third-order valence-corrected chi connectivity index (χ3v) is 2.48. The van der Waals surface area contributed by atoms with E-state index in [2.05, 4.69) is 16.8 Å². The molecule has 1 rings (SSSR count). The van der Waals surface area contributed by atoms with Gasteiger partial charge in [0.15, 0.2) is 5.03 Å². The quantitative estimate of drug-likeness (QED) is 0.546. The van der Waals surface area contributed by atoms with E-state index >= 15 is 0 Å². The smallest absolute Gasteiger partial charge is 0.280 e. The van der Waals surface area contributed by atoms with Crippen LogP contribution < -0.4 is 0 Å². The summed E-state index contributed by atoms with van der Waals surface area (Å²) in [7, 11) is 1.35. The van der Waals surface area contributed by atoms with Gasteiger partial charge in [-0.3, -0.25) is 0 Å². The van der Waals surface area contributed by atoms with Crippen molar-refractivity contribution in [1.82, 2.24) is 9.55 Å². The molecular formula is C7H7ClN2O2S. The highest BCUT2D eigenvalue weighted by atomic mass is 35.7. The molecule has 0 aromatic carbocycles. The van der Waals surface area contributed by atoms with Gasteiger partial charge in [-0.15, -0.1) is 5.92 Å². The van der Waals surface area contributed by atoms with E-state index in [0.717, 1.165) is 0 Å². The maximum atomic E-state index is 10.8. The zero-order chi connectivity index (χ0) is 9.90. The van der Waals surface area contributed by atoms with E-state index in [4.69, 9.17) is 10.7 Å². The van der Waals surface area contributed by atoms with Crippen molar-refractivity contribution in [2.24, 2.45) is 0 Å². The predicted molar refractivity (Wildman–Crippen MR) is 48.7 cm³/mol. The normalized spacial score (nSPS) is 10.6. The molecule has 4 nitrogen and oxygen atoms in total. The van der Waals surface area contributed by atoms with Crippen LogP contribution in [0, 0.1) is 11.8 Å². The molecular weight excluding hydrogens is 212 g/mol. The van der Waals surface area contributed by atoms with Gasteiger partial charge in [0.25, 0.3) is 9.05 Å². The number of hydrogen-bond donors (Lipinski definition) is 0. The Morgan fingerprint density at radius 1 is 1.69 bits per heavy atom. The molecule has 0 amide bonds. The van der Waals surface area contributed by atoms with E-state index in [9.17, 15) is 8.42 Å². The number of imidazole rings is 1. The first-order valence-electron chi connectivity index (χ1n) is 3.40. The van der Waals surface area contributed by atoms with Crippen LogP contribution in [-0.4, -0.2) is 18.0 Å². The highest BCUT2D eigenvalue weighted by Gasteiger charge is 2.12. The van der Waals surface area contributed by atoms with Crippen LogP contribution in [0.5, 0.6) is 0 Å². The molecule has 6 heteroatoms. The fourth-order valence-electron chi connectivity index (χ4n) is 0.722. The Labute approximate surface area is 81.0 Å². The Morgan fingerprint density at radius 3 is 2.85 bits per heavy atom. The highest BCUT2D eigenvalue weighted by molar-refractivity contribution is 8.13. The summed E-state index contributed by atoms with van der Waals surface area (Å²) >= 11 is 0. The van der Waals surface area contributed by atoms with Gasteiger partial charge >= 0.3 is 0 Å². The third kappa shape index (κ3) is 2.76. The Balaban J connectivity index is 2.92. The maximum Gasteiger partial charge on any atom is 0.280 e. The number of nitrogens with zero attached hydrogens (tertiary/aromatic N) is 2. The first kappa shape index (κ1) is 10.1. The Hall–Kier alpha value is -0.990. The van der Waals surface area contributed by atoms with Crippen LogP contribution in [0.3, 0.4) is 0 Å². The number of hydrogen-bond acceptors (Lipinski definition) is 3. The SMILES string of the molecule is CC#CCn1cnc(S(=O)(=O)Cl)c1. The standard InChI is InChI=1S/C7H7ClN2O2S/c1-2-3-4-10-5-7(9-6-10)13(8,11)12/h5-6H,4H2,1H3. The van der Waals surface area contributed by atoms with Crippen LogP contribution >= 0.6 is 10.7 Å². The molecule has 0 saturated heterocycles. The molecule has 0 aliphatic carbocycles. The summed E-state index contributed by atoms with van der Waals surface area (Å²) in [5, 5.41) is -0.146. The van der Waals surface area contributed by atoms with Crippen molar-refractivity contribution in [3.05, 3.63) is 12.5 Å². The lowest BCUT2D eigenvalue weighted by Crippen LogP contribution is -1.92. The first-order valence-corrected chi connectivity index (χ1v) is 5.71. The van der Waals surface area contributed by atoms with Gasteiger partial charge in [0.05, 0.1) is 12.9 Å². The molecule has 13 heavy (non-hydrogen) atoms. The lowest BCUT2D eigenvalue weighted by atomic mass is 10.6.